The monoisotopic (exact) mass is 321 g/mol. The van der Waals surface area contributed by atoms with Gasteiger partial charge in [-0.05, 0) is 25.0 Å². The lowest BCUT2D eigenvalue weighted by molar-refractivity contribution is 0.519. The largest absolute Gasteiger partial charge is 0.380 e. The van der Waals surface area contributed by atoms with Gasteiger partial charge in [0.15, 0.2) is 0 Å². The molecule has 5 nitrogen and oxygen atoms in total. The van der Waals surface area contributed by atoms with Gasteiger partial charge in [-0.1, -0.05) is 23.7 Å². The Kier molecular flexibility index (Phi) is 4.29. The third kappa shape index (κ3) is 3.39. The average molecular weight is 322 g/mol. The maximum Gasteiger partial charge on any atom is 0.223 e. The molecule has 1 aromatic carbocycles. The number of hydrogen-bond acceptors (Lipinski definition) is 5. The minimum atomic E-state index is -0.222. The molecule has 1 aliphatic heterocycles. The van der Waals surface area contributed by atoms with Gasteiger partial charge in [-0.2, -0.15) is 4.98 Å². The first kappa shape index (κ1) is 14.8. The predicted octanol–water partition coefficient (Wildman–Crippen LogP) is 2.93. The molecule has 3 rings (SSSR count). The molecule has 0 aliphatic carbocycles. The summed E-state index contributed by atoms with van der Waals surface area (Å²) in [5.41, 5.74) is 6.18. The summed E-state index contributed by atoms with van der Waals surface area (Å²) >= 11 is 5.91. The number of para-hydroxylation sites is 1. The van der Waals surface area contributed by atoms with Crippen LogP contribution in [-0.2, 0) is 0 Å². The Labute approximate surface area is 133 Å². The van der Waals surface area contributed by atoms with E-state index < -0.39 is 0 Å². The van der Waals surface area contributed by atoms with Gasteiger partial charge in [-0.15, -0.1) is 0 Å². The molecular formula is C15H17ClFN5. The number of aromatic nitrogens is 2. The molecule has 3 N–H and O–H groups in total. The number of nitrogens with one attached hydrogen (secondary N) is 1. The van der Waals surface area contributed by atoms with Crippen molar-refractivity contribution in [2.45, 2.75) is 18.9 Å². The van der Waals surface area contributed by atoms with Crippen LogP contribution in [0.4, 0.5) is 21.8 Å². The van der Waals surface area contributed by atoms with Crippen LogP contribution < -0.4 is 16.0 Å². The Morgan fingerprint density at radius 2 is 1.95 bits per heavy atom. The van der Waals surface area contributed by atoms with Crippen molar-refractivity contribution >= 4 is 29.1 Å². The van der Waals surface area contributed by atoms with Crippen LogP contribution in [0.2, 0.25) is 5.15 Å². The Morgan fingerprint density at radius 1 is 1.23 bits per heavy atom. The van der Waals surface area contributed by atoms with E-state index in [0.29, 0.717) is 10.8 Å². The van der Waals surface area contributed by atoms with Gasteiger partial charge in [-0.25, -0.2) is 9.37 Å². The second kappa shape index (κ2) is 6.36. The number of nitrogens with two attached hydrogens (primary N) is 1. The van der Waals surface area contributed by atoms with Crippen molar-refractivity contribution < 1.29 is 4.39 Å². The lowest BCUT2D eigenvalue weighted by Gasteiger charge is -2.33. The SMILES string of the molecule is Nc1nc(Cl)cc(N2CCC(Nc3ccccc3F)CC2)n1. The van der Waals surface area contributed by atoms with E-state index in [1.54, 1.807) is 18.2 Å². The fourth-order valence-corrected chi connectivity index (χ4v) is 2.82. The highest BCUT2D eigenvalue weighted by Crippen LogP contribution is 2.23. The third-order valence-corrected chi connectivity index (χ3v) is 3.94. The fourth-order valence-electron chi connectivity index (χ4n) is 2.64. The summed E-state index contributed by atoms with van der Waals surface area (Å²) in [6.45, 7) is 1.61. The number of anilines is 3. The molecule has 2 aromatic rings. The molecule has 0 saturated carbocycles. The Hall–Kier alpha value is -2.08. The highest BCUT2D eigenvalue weighted by molar-refractivity contribution is 6.29. The summed E-state index contributed by atoms with van der Waals surface area (Å²) in [7, 11) is 0. The van der Waals surface area contributed by atoms with Crippen LogP contribution in [0.15, 0.2) is 30.3 Å². The zero-order chi connectivity index (χ0) is 15.5. The fraction of sp³-hybridized carbons (Fsp3) is 0.333. The van der Waals surface area contributed by atoms with E-state index in [9.17, 15) is 4.39 Å². The zero-order valence-corrected chi connectivity index (χ0v) is 12.7. The molecule has 0 atom stereocenters. The second-order valence-electron chi connectivity index (χ2n) is 5.29. The molecule has 22 heavy (non-hydrogen) atoms. The number of benzene rings is 1. The molecule has 1 saturated heterocycles. The summed E-state index contributed by atoms with van der Waals surface area (Å²) in [5, 5.41) is 3.60. The minimum Gasteiger partial charge on any atom is -0.380 e. The van der Waals surface area contributed by atoms with Gasteiger partial charge in [0, 0.05) is 25.2 Å². The van der Waals surface area contributed by atoms with E-state index in [0.717, 1.165) is 31.7 Å². The first-order chi connectivity index (χ1) is 10.6. The van der Waals surface area contributed by atoms with Gasteiger partial charge in [0.2, 0.25) is 5.95 Å². The quantitative estimate of drug-likeness (QED) is 0.851. The molecule has 0 unspecified atom stereocenters. The maximum absolute atomic E-state index is 13.7. The molecule has 116 valence electrons. The second-order valence-corrected chi connectivity index (χ2v) is 5.68. The molecule has 0 bridgehead atoms. The molecule has 2 heterocycles. The van der Waals surface area contributed by atoms with Gasteiger partial charge >= 0.3 is 0 Å². The lowest BCUT2D eigenvalue weighted by atomic mass is 10.0. The van der Waals surface area contributed by atoms with E-state index in [1.165, 1.54) is 6.07 Å². The van der Waals surface area contributed by atoms with Crippen molar-refractivity contribution in [3.05, 3.63) is 41.3 Å². The average Bonchev–Trinajstić information content (AvgIpc) is 2.49. The normalized spacial score (nSPS) is 15.8. The highest BCUT2D eigenvalue weighted by Gasteiger charge is 2.21. The number of piperidine rings is 1. The van der Waals surface area contributed by atoms with Gasteiger partial charge in [0.05, 0.1) is 5.69 Å². The molecule has 7 heteroatoms. The lowest BCUT2D eigenvalue weighted by Crippen LogP contribution is -2.39. The number of halogens is 2. The number of nitrogen functional groups attached to an aromatic ring is 1. The van der Waals surface area contributed by atoms with E-state index in [4.69, 9.17) is 17.3 Å². The zero-order valence-electron chi connectivity index (χ0n) is 12.0. The summed E-state index contributed by atoms with van der Waals surface area (Å²) in [6.07, 6.45) is 1.77. The molecule has 0 amide bonds. The summed E-state index contributed by atoms with van der Waals surface area (Å²) in [5.74, 6) is 0.691. The third-order valence-electron chi connectivity index (χ3n) is 3.75. The van der Waals surface area contributed by atoms with Crippen molar-refractivity contribution in [3.63, 3.8) is 0 Å². The van der Waals surface area contributed by atoms with Crippen molar-refractivity contribution in [3.8, 4) is 0 Å². The number of hydrogen-bond donors (Lipinski definition) is 2. The van der Waals surface area contributed by atoms with E-state index in [1.807, 2.05) is 6.07 Å². The molecule has 1 fully saturated rings. The number of nitrogens with zero attached hydrogens (tertiary/aromatic N) is 3. The van der Waals surface area contributed by atoms with Crippen molar-refractivity contribution in [1.29, 1.82) is 0 Å². The molecule has 1 aliphatic rings. The van der Waals surface area contributed by atoms with Gasteiger partial charge in [-0.3, -0.25) is 0 Å². The summed E-state index contributed by atoms with van der Waals surface area (Å²) in [4.78, 5) is 10.2. The Bertz CT molecular complexity index is 638. The van der Waals surface area contributed by atoms with Crippen LogP contribution in [0.3, 0.4) is 0 Å². The van der Waals surface area contributed by atoms with E-state index in [-0.39, 0.29) is 17.8 Å². The van der Waals surface area contributed by atoms with Crippen LogP contribution in [0.1, 0.15) is 12.8 Å². The maximum atomic E-state index is 13.7. The van der Waals surface area contributed by atoms with Crippen molar-refractivity contribution in [2.75, 3.05) is 29.0 Å². The van der Waals surface area contributed by atoms with Crippen LogP contribution in [0.5, 0.6) is 0 Å². The van der Waals surface area contributed by atoms with Crippen LogP contribution in [0, 0.1) is 5.82 Å². The van der Waals surface area contributed by atoms with Gasteiger partial charge in [0.1, 0.15) is 16.8 Å². The van der Waals surface area contributed by atoms with Crippen molar-refractivity contribution in [2.24, 2.45) is 0 Å². The Balaban J connectivity index is 1.62. The smallest absolute Gasteiger partial charge is 0.223 e. The summed E-state index contributed by atoms with van der Waals surface area (Å²) in [6, 6.07) is 8.68. The molecular weight excluding hydrogens is 305 g/mol. The Morgan fingerprint density at radius 3 is 2.64 bits per heavy atom. The van der Waals surface area contributed by atoms with Gasteiger partial charge < -0.3 is 16.0 Å². The molecule has 0 radical (unpaired) electrons. The predicted molar refractivity (Wildman–Crippen MR) is 86.7 cm³/mol. The summed E-state index contributed by atoms with van der Waals surface area (Å²) < 4.78 is 13.7. The molecule has 1 aromatic heterocycles. The van der Waals surface area contributed by atoms with Gasteiger partial charge in [0.25, 0.3) is 0 Å². The van der Waals surface area contributed by atoms with Crippen LogP contribution in [0.25, 0.3) is 0 Å². The topological polar surface area (TPSA) is 67.1 Å². The molecule has 0 spiro atoms. The van der Waals surface area contributed by atoms with Crippen LogP contribution >= 0.6 is 11.6 Å². The minimum absolute atomic E-state index is 0.175. The van der Waals surface area contributed by atoms with E-state index >= 15 is 0 Å². The van der Waals surface area contributed by atoms with Crippen LogP contribution in [-0.4, -0.2) is 29.1 Å². The first-order valence-corrected chi connectivity index (χ1v) is 7.55. The number of rotatable bonds is 3. The standard InChI is InChI=1S/C15H17ClFN5/c16-13-9-14(21-15(18)20-13)22-7-5-10(6-8-22)19-12-4-2-1-3-11(12)17/h1-4,9-10,19H,5-8H2,(H2,18,20,21). The van der Waals surface area contributed by atoms with E-state index in [2.05, 4.69) is 20.2 Å². The highest BCUT2D eigenvalue weighted by atomic mass is 35.5. The first-order valence-electron chi connectivity index (χ1n) is 7.18. The van der Waals surface area contributed by atoms with Crippen molar-refractivity contribution in [1.82, 2.24) is 9.97 Å².